The Balaban J connectivity index is 0. The smallest absolute Gasteiger partial charge is 1.00 e. The molecule has 1 atom stereocenters. The van der Waals surface area contributed by atoms with Gasteiger partial charge < -0.3 is 11.3 Å². The summed E-state index contributed by atoms with van der Waals surface area (Å²) in [5.41, 5.74) is -0.983. The molecule has 0 spiro atoms. The number of ether oxygens (including phenoxy) is 1. The van der Waals surface area contributed by atoms with Crippen molar-refractivity contribution in [1.29, 1.82) is 0 Å². The number of aliphatic carboxylic acids is 1. The van der Waals surface area contributed by atoms with Gasteiger partial charge in [-0.15, -0.1) is 0 Å². The molecule has 1 unspecified atom stereocenters. The number of esters is 1. The SMILES string of the molecule is COC(=O)CC(C(C)(C)C)C1(C(=O)O)CCCC1.[H-].[Na+]. The molecular formula is C14H25NaO4. The minimum Gasteiger partial charge on any atom is -1.00 e. The first-order chi connectivity index (χ1) is 8.24. The molecule has 1 rings (SSSR count). The van der Waals surface area contributed by atoms with Gasteiger partial charge in [0.15, 0.2) is 0 Å². The largest absolute Gasteiger partial charge is 1.00 e. The van der Waals surface area contributed by atoms with Gasteiger partial charge in [-0.05, 0) is 24.2 Å². The first kappa shape index (κ1) is 18.9. The third-order valence-corrected chi connectivity index (χ3v) is 4.23. The summed E-state index contributed by atoms with van der Waals surface area (Å²) >= 11 is 0. The number of hydrogen-bond acceptors (Lipinski definition) is 3. The average molecular weight is 280 g/mol. The molecule has 106 valence electrons. The zero-order valence-electron chi connectivity index (χ0n) is 13.8. The number of carboxylic acids is 1. The van der Waals surface area contributed by atoms with Gasteiger partial charge in [0.05, 0.1) is 12.5 Å². The topological polar surface area (TPSA) is 63.6 Å². The van der Waals surface area contributed by atoms with E-state index < -0.39 is 11.4 Å². The maximum Gasteiger partial charge on any atom is 1.00 e. The molecule has 1 saturated carbocycles. The maximum absolute atomic E-state index is 11.7. The number of carbonyl (C=O) groups excluding carboxylic acids is 1. The molecule has 0 radical (unpaired) electrons. The third-order valence-electron chi connectivity index (χ3n) is 4.23. The first-order valence-electron chi connectivity index (χ1n) is 6.54. The van der Waals surface area contributed by atoms with Crippen molar-refractivity contribution in [3.8, 4) is 0 Å². The fourth-order valence-corrected chi connectivity index (χ4v) is 3.30. The van der Waals surface area contributed by atoms with Crippen LogP contribution in [-0.2, 0) is 14.3 Å². The second-order valence-corrected chi connectivity index (χ2v) is 6.37. The summed E-state index contributed by atoms with van der Waals surface area (Å²) < 4.78 is 4.73. The van der Waals surface area contributed by atoms with Gasteiger partial charge >= 0.3 is 41.5 Å². The van der Waals surface area contributed by atoms with E-state index in [0.717, 1.165) is 12.8 Å². The Kier molecular flexibility index (Phi) is 7.07. The summed E-state index contributed by atoms with van der Waals surface area (Å²) in [6.45, 7) is 6.01. The molecule has 0 aromatic heterocycles. The summed E-state index contributed by atoms with van der Waals surface area (Å²) in [5, 5.41) is 9.63. The van der Waals surface area contributed by atoms with Gasteiger partial charge in [-0.25, -0.2) is 0 Å². The predicted octanol–water partition coefficient (Wildman–Crippen LogP) is -0.0267. The van der Waals surface area contributed by atoms with Gasteiger partial charge in [-0.3, -0.25) is 9.59 Å². The van der Waals surface area contributed by atoms with Crippen LogP contribution in [0.1, 0.15) is 54.3 Å². The molecule has 1 aliphatic carbocycles. The predicted molar refractivity (Wildman–Crippen MR) is 69.2 cm³/mol. The summed E-state index contributed by atoms with van der Waals surface area (Å²) in [4.78, 5) is 23.3. The molecule has 0 bridgehead atoms. The van der Waals surface area contributed by atoms with Crippen LogP contribution < -0.4 is 29.6 Å². The van der Waals surface area contributed by atoms with Crippen LogP contribution in [0.2, 0.25) is 0 Å². The van der Waals surface area contributed by atoms with Crippen LogP contribution in [0.25, 0.3) is 0 Å². The number of methoxy groups -OCH3 is 1. The van der Waals surface area contributed by atoms with Gasteiger partial charge in [0.2, 0.25) is 0 Å². The Hall–Kier alpha value is -0.0600. The zero-order chi connectivity index (χ0) is 14.0. The van der Waals surface area contributed by atoms with Crippen LogP contribution in [0, 0.1) is 16.7 Å². The quantitative estimate of drug-likeness (QED) is 0.580. The summed E-state index contributed by atoms with van der Waals surface area (Å²) in [5.74, 6) is -1.26. The first-order valence-corrected chi connectivity index (χ1v) is 6.54. The van der Waals surface area contributed by atoms with Crippen molar-refractivity contribution in [3.05, 3.63) is 0 Å². The van der Waals surface area contributed by atoms with Crippen LogP contribution in [0.15, 0.2) is 0 Å². The van der Waals surface area contributed by atoms with Crippen molar-refractivity contribution in [2.75, 3.05) is 7.11 Å². The van der Waals surface area contributed by atoms with Crippen LogP contribution in [0.4, 0.5) is 0 Å². The number of carbonyl (C=O) groups is 2. The molecule has 0 aromatic rings. The fraction of sp³-hybridized carbons (Fsp3) is 0.857. The molecular weight excluding hydrogens is 255 g/mol. The van der Waals surface area contributed by atoms with E-state index in [4.69, 9.17) is 4.74 Å². The molecule has 19 heavy (non-hydrogen) atoms. The Bertz CT molecular complexity index is 333. The second-order valence-electron chi connectivity index (χ2n) is 6.37. The monoisotopic (exact) mass is 280 g/mol. The zero-order valence-corrected chi connectivity index (χ0v) is 14.8. The average Bonchev–Trinajstić information content (AvgIpc) is 2.73. The van der Waals surface area contributed by atoms with Crippen LogP contribution in [0.3, 0.4) is 0 Å². The molecule has 0 amide bonds. The Morgan fingerprint density at radius 1 is 1.32 bits per heavy atom. The van der Waals surface area contributed by atoms with E-state index in [2.05, 4.69) is 0 Å². The van der Waals surface area contributed by atoms with Crippen molar-refractivity contribution in [2.24, 2.45) is 16.7 Å². The normalized spacial score (nSPS) is 19.4. The van der Waals surface area contributed by atoms with Crippen LogP contribution in [0.5, 0.6) is 0 Å². The summed E-state index contributed by atoms with van der Waals surface area (Å²) in [7, 11) is 1.35. The minimum absolute atomic E-state index is 0. The molecule has 1 fully saturated rings. The third kappa shape index (κ3) is 4.20. The van der Waals surface area contributed by atoms with E-state index in [0.29, 0.717) is 12.8 Å². The fourth-order valence-electron chi connectivity index (χ4n) is 3.30. The molecule has 0 aromatic carbocycles. The van der Waals surface area contributed by atoms with Gasteiger partial charge in [0, 0.05) is 6.42 Å². The molecule has 4 nitrogen and oxygen atoms in total. The molecule has 0 heterocycles. The van der Waals surface area contributed by atoms with Crippen molar-refractivity contribution in [3.63, 3.8) is 0 Å². The van der Waals surface area contributed by atoms with E-state index >= 15 is 0 Å². The Morgan fingerprint density at radius 2 is 1.79 bits per heavy atom. The standard InChI is InChI=1S/C14H24O4.Na.H/c1-13(2,3)10(9-11(15)18-4)14(12(16)17)7-5-6-8-14;;/h10H,5-9H2,1-4H3,(H,16,17);;/q;+1;-1. The molecule has 0 aliphatic heterocycles. The van der Waals surface area contributed by atoms with E-state index in [1.165, 1.54) is 7.11 Å². The second kappa shape index (κ2) is 7.09. The van der Waals surface area contributed by atoms with Crippen molar-refractivity contribution in [1.82, 2.24) is 0 Å². The number of carboxylic acid groups (broad SMARTS) is 1. The van der Waals surface area contributed by atoms with Crippen LogP contribution >= 0.6 is 0 Å². The maximum atomic E-state index is 11.7. The summed E-state index contributed by atoms with van der Waals surface area (Å²) in [6, 6.07) is 0. The molecule has 1 aliphatic rings. The van der Waals surface area contributed by atoms with Crippen LogP contribution in [-0.4, -0.2) is 24.2 Å². The van der Waals surface area contributed by atoms with Crippen molar-refractivity contribution >= 4 is 11.9 Å². The van der Waals surface area contributed by atoms with Gasteiger partial charge in [0.1, 0.15) is 0 Å². The van der Waals surface area contributed by atoms with Crippen molar-refractivity contribution < 1.29 is 50.4 Å². The Labute approximate surface area is 139 Å². The van der Waals surface area contributed by atoms with E-state index in [9.17, 15) is 14.7 Å². The van der Waals surface area contributed by atoms with Gasteiger partial charge in [-0.2, -0.15) is 0 Å². The van der Waals surface area contributed by atoms with Gasteiger partial charge in [-0.1, -0.05) is 33.6 Å². The number of rotatable bonds is 4. The minimum atomic E-state index is -0.760. The molecule has 5 heteroatoms. The summed E-state index contributed by atoms with van der Waals surface area (Å²) in [6.07, 6.45) is 3.38. The Morgan fingerprint density at radius 3 is 2.11 bits per heavy atom. The van der Waals surface area contributed by atoms with E-state index in [1.807, 2.05) is 20.8 Å². The van der Waals surface area contributed by atoms with E-state index in [-0.39, 0.29) is 54.7 Å². The molecule has 0 saturated heterocycles. The van der Waals surface area contributed by atoms with Gasteiger partial charge in [0.25, 0.3) is 0 Å². The molecule has 1 N–H and O–H groups in total. The van der Waals surface area contributed by atoms with E-state index in [1.54, 1.807) is 0 Å². The van der Waals surface area contributed by atoms with Crippen molar-refractivity contribution in [2.45, 2.75) is 52.9 Å². The number of hydrogen-bond donors (Lipinski definition) is 1.